The molecule has 0 aromatic heterocycles. The van der Waals surface area contributed by atoms with Crippen LogP contribution in [0, 0.1) is 0 Å². The predicted octanol–water partition coefficient (Wildman–Crippen LogP) is 5.11. The number of nitrogens with one attached hydrogen (secondary N) is 1. The standard InChI is InChI=1S/C24H27NO3/c1-26-21-9-6-7-18(15-21)11-13-20-8-4-5-10-22(20)25-17-19-12-14-23(27-2)24(16-19)28-3/h4-10,12,14-16,25H,11,13,17H2,1-3H3. The third-order valence-electron chi connectivity index (χ3n) is 4.77. The normalized spacial score (nSPS) is 10.4. The first-order valence-corrected chi connectivity index (χ1v) is 9.39. The molecule has 0 aliphatic heterocycles. The second kappa shape index (κ2) is 9.70. The molecule has 0 spiro atoms. The molecule has 28 heavy (non-hydrogen) atoms. The van der Waals surface area contributed by atoms with Crippen LogP contribution in [-0.2, 0) is 19.4 Å². The van der Waals surface area contributed by atoms with E-state index in [1.54, 1.807) is 21.3 Å². The molecule has 3 rings (SSSR count). The Hall–Kier alpha value is -3.14. The zero-order valence-electron chi connectivity index (χ0n) is 16.7. The van der Waals surface area contributed by atoms with Crippen molar-refractivity contribution in [1.29, 1.82) is 0 Å². The first-order valence-electron chi connectivity index (χ1n) is 9.39. The van der Waals surface area contributed by atoms with Crippen LogP contribution in [0.15, 0.2) is 66.7 Å². The monoisotopic (exact) mass is 377 g/mol. The molecule has 0 radical (unpaired) electrons. The van der Waals surface area contributed by atoms with Crippen LogP contribution in [-0.4, -0.2) is 21.3 Å². The van der Waals surface area contributed by atoms with Crippen LogP contribution in [0.3, 0.4) is 0 Å². The molecule has 0 aliphatic rings. The molecule has 0 heterocycles. The molecule has 3 aromatic rings. The molecule has 0 bridgehead atoms. The van der Waals surface area contributed by atoms with Gasteiger partial charge in [-0.1, -0.05) is 36.4 Å². The minimum atomic E-state index is 0.719. The van der Waals surface area contributed by atoms with Crippen LogP contribution in [0.25, 0.3) is 0 Å². The zero-order valence-corrected chi connectivity index (χ0v) is 16.7. The molecule has 0 amide bonds. The summed E-state index contributed by atoms with van der Waals surface area (Å²) in [6.45, 7) is 0.719. The summed E-state index contributed by atoms with van der Waals surface area (Å²) in [6.07, 6.45) is 1.93. The second-order valence-corrected chi connectivity index (χ2v) is 6.55. The van der Waals surface area contributed by atoms with Crippen LogP contribution in [0.5, 0.6) is 17.2 Å². The molecule has 0 atom stereocenters. The second-order valence-electron chi connectivity index (χ2n) is 6.55. The third kappa shape index (κ3) is 4.97. The number of rotatable bonds is 9. The Morgan fingerprint density at radius 2 is 1.50 bits per heavy atom. The maximum Gasteiger partial charge on any atom is 0.161 e. The number of benzene rings is 3. The molecular weight excluding hydrogens is 350 g/mol. The van der Waals surface area contributed by atoms with Gasteiger partial charge in [-0.3, -0.25) is 0 Å². The molecular formula is C24H27NO3. The fourth-order valence-electron chi connectivity index (χ4n) is 3.21. The van der Waals surface area contributed by atoms with Gasteiger partial charge >= 0.3 is 0 Å². The van der Waals surface area contributed by atoms with Crippen molar-refractivity contribution in [3.8, 4) is 17.2 Å². The first kappa shape index (κ1) is 19.6. The highest BCUT2D eigenvalue weighted by Crippen LogP contribution is 2.28. The van der Waals surface area contributed by atoms with Gasteiger partial charge in [-0.2, -0.15) is 0 Å². The third-order valence-corrected chi connectivity index (χ3v) is 4.77. The predicted molar refractivity (Wildman–Crippen MR) is 114 cm³/mol. The van der Waals surface area contributed by atoms with Gasteiger partial charge in [-0.15, -0.1) is 0 Å². The van der Waals surface area contributed by atoms with E-state index < -0.39 is 0 Å². The van der Waals surface area contributed by atoms with Gasteiger partial charge in [0.15, 0.2) is 11.5 Å². The largest absolute Gasteiger partial charge is 0.497 e. The van der Waals surface area contributed by atoms with Crippen molar-refractivity contribution in [3.63, 3.8) is 0 Å². The molecule has 146 valence electrons. The van der Waals surface area contributed by atoms with E-state index in [1.807, 2.05) is 30.3 Å². The Labute approximate surface area is 167 Å². The molecule has 0 unspecified atom stereocenters. The van der Waals surface area contributed by atoms with Gasteiger partial charge in [-0.05, 0) is 59.9 Å². The van der Waals surface area contributed by atoms with Crippen molar-refractivity contribution >= 4 is 5.69 Å². The number of anilines is 1. The van der Waals surface area contributed by atoms with Crippen molar-refractivity contribution in [2.75, 3.05) is 26.6 Å². The highest BCUT2D eigenvalue weighted by Gasteiger charge is 2.06. The molecule has 0 saturated carbocycles. The van der Waals surface area contributed by atoms with Crippen molar-refractivity contribution in [2.45, 2.75) is 19.4 Å². The SMILES string of the molecule is COc1cccc(CCc2ccccc2NCc2ccc(OC)c(OC)c2)c1. The lowest BCUT2D eigenvalue weighted by Crippen LogP contribution is -2.04. The molecule has 0 aliphatic carbocycles. The summed E-state index contributed by atoms with van der Waals surface area (Å²) in [6, 6.07) is 22.7. The number of hydrogen-bond acceptors (Lipinski definition) is 4. The van der Waals surface area contributed by atoms with Gasteiger partial charge in [-0.25, -0.2) is 0 Å². The van der Waals surface area contributed by atoms with Gasteiger partial charge in [0.2, 0.25) is 0 Å². The molecule has 0 fully saturated rings. The lowest BCUT2D eigenvalue weighted by molar-refractivity contribution is 0.354. The van der Waals surface area contributed by atoms with E-state index >= 15 is 0 Å². The zero-order chi connectivity index (χ0) is 19.8. The number of para-hydroxylation sites is 1. The molecule has 1 N–H and O–H groups in total. The Morgan fingerprint density at radius 1 is 0.679 bits per heavy atom. The number of ether oxygens (including phenoxy) is 3. The summed E-state index contributed by atoms with van der Waals surface area (Å²) in [7, 11) is 5.00. The summed E-state index contributed by atoms with van der Waals surface area (Å²) in [5.74, 6) is 2.38. The van der Waals surface area contributed by atoms with E-state index in [-0.39, 0.29) is 0 Å². The quantitative estimate of drug-likeness (QED) is 0.562. The Balaban J connectivity index is 1.67. The average molecular weight is 377 g/mol. The molecule has 4 nitrogen and oxygen atoms in total. The molecule has 3 aromatic carbocycles. The van der Waals surface area contributed by atoms with Gasteiger partial charge in [0, 0.05) is 12.2 Å². The topological polar surface area (TPSA) is 39.7 Å². The smallest absolute Gasteiger partial charge is 0.161 e. The fraction of sp³-hybridized carbons (Fsp3) is 0.250. The van der Waals surface area contributed by atoms with E-state index in [0.29, 0.717) is 0 Å². The highest BCUT2D eigenvalue weighted by molar-refractivity contribution is 5.52. The summed E-state index contributed by atoms with van der Waals surface area (Å²) >= 11 is 0. The van der Waals surface area contributed by atoms with Crippen LogP contribution < -0.4 is 19.5 Å². The van der Waals surface area contributed by atoms with Crippen LogP contribution in [0.1, 0.15) is 16.7 Å². The maximum atomic E-state index is 5.40. The molecule has 0 saturated heterocycles. The van der Waals surface area contributed by atoms with Crippen molar-refractivity contribution in [1.82, 2.24) is 0 Å². The summed E-state index contributed by atoms with van der Waals surface area (Å²) in [5, 5.41) is 3.56. The number of hydrogen-bond donors (Lipinski definition) is 1. The van der Waals surface area contributed by atoms with Crippen molar-refractivity contribution in [3.05, 3.63) is 83.4 Å². The summed E-state index contributed by atoms with van der Waals surface area (Å²) < 4.78 is 16.0. The maximum absolute atomic E-state index is 5.40. The van der Waals surface area contributed by atoms with Gasteiger partial charge < -0.3 is 19.5 Å². The average Bonchev–Trinajstić information content (AvgIpc) is 2.76. The van der Waals surface area contributed by atoms with E-state index in [9.17, 15) is 0 Å². The first-order chi connectivity index (χ1) is 13.7. The van der Waals surface area contributed by atoms with Crippen LogP contribution >= 0.6 is 0 Å². The lowest BCUT2D eigenvalue weighted by Gasteiger charge is -2.14. The minimum Gasteiger partial charge on any atom is -0.497 e. The van der Waals surface area contributed by atoms with E-state index in [1.165, 1.54) is 11.1 Å². The Morgan fingerprint density at radius 3 is 2.29 bits per heavy atom. The van der Waals surface area contributed by atoms with E-state index in [2.05, 4.69) is 41.7 Å². The Kier molecular flexibility index (Phi) is 6.79. The van der Waals surface area contributed by atoms with E-state index in [0.717, 1.165) is 47.9 Å². The van der Waals surface area contributed by atoms with Crippen molar-refractivity contribution < 1.29 is 14.2 Å². The molecule has 4 heteroatoms. The number of aryl methyl sites for hydroxylation is 2. The summed E-state index contributed by atoms with van der Waals surface area (Å²) in [4.78, 5) is 0. The van der Waals surface area contributed by atoms with E-state index in [4.69, 9.17) is 14.2 Å². The van der Waals surface area contributed by atoms with Crippen LogP contribution in [0.4, 0.5) is 5.69 Å². The van der Waals surface area contributed by atoms with Gasteiger partial charge in [0.05, 0.1) is 21.3 Å². The fourth-order valence-corrected chi connectivity index (χ4v) is 3.21. The Bertz CT molecular complexity index is 908. The van der Waals surface area contributed by atoms with Crippen LogP contribution in [0.2, 0.25) is 0 Å². The lowest BCUT2D eigenvalue weighted by atomic mass is 10.0. The highest BCUT2D eigenvalue weighted by atomic mass is 16.5. The van der Waals surface area contributed by atoms with Gasteiger partial charge in [0.25, 0.3) is 0 Å². The summed E-state index contributed by atoms with van der Waals surface area (Å²) in [5.41, 5.74) is 4.86. The number of methoxy groups -OCH3 is 3. The van der Waals surface area contributed by atoms with Crippen molar-refractivity contribution in [2.24, 2.45) is 0 Å². The minimum absolute atomic E-state index is 0.719. The van der Waals surface area contributed by atoms with Gasteiger partial charge in [0.1, 0.15) is 5.75 Å².